The van der Waals surface area contributed by atoms with E-state index < -0.39 is 0 Å². The first-order valence-corrected chi connectivity index (χ1v) is 7.50. The van der Waals surface area contributed by atoms with Gasteiger partial charge in [0.1, 0.15) is 0 Å². The molecule has 1 atom stereocenters. The predicted octanol–water partition coefficient (Wildman–Crippen LogP) is 3.71. The van der Waals surface area contributed by atoms with Gasteiger partial charge in [-0.2, -0.15) is 0 Å². The van der Waals surface area contributed by atoms with Gasteiger partial charge in [0, 0.05) is 29.9 Å². The summed E-state index contributed by atoms with van der Waals surface area (Å²) in [5.41, 5.74) is 0.638. The second kappa shape index (κ2) is 6.08. The van der Waals surface area contributed by atoms with Crippen molar-refractivity contribution in [1.29, 1.82) is 0 Å². The van der Waals surface area contributed by atoms with Crippen molar-refractivity contribution < 1.29 is 4.39 Å². The first-order chi connectivity index (χ1) is 9.35. The summed E-state index contributed by atoms with van der Waals surface area (Å²) in [6.45, 7) is 8.83. The Bertz CT molecular complexity index is 450. The minimum absolute atomic E-state index is 0.0252. The Morgan fingerprint density at radius 1 is 1.40 bits per heavy atom. The maximum Gasteiger partial charge on any atom is 0.169 e. The summed E-state index contributed by atoms with van der Waals surface area (Å²) in [5, 5.41) is 6.51. The van der Waals surface area contributed by atoms with E-state index in [-0.39, 0.29) is 17.4 Å². The van der Waals surface area contributed by atoms with Gasteiger partial charge in [0.2, 0.25) is 0 Å². The zero-order valence-electron chi connectivity index (χ0n) is 13.0. The van der Waals surface area contributed by atoms with Gasteiger partial charge in [0.05, 0.1) is 0 Å². The van der Waals surface area contributed by atoms with E-state index in [1.807, 2.05) is 0 Å². The lowest BCUT2D eigenvalue weighted by Gasteiger charge is -2.21. The number of nitrogens with zero attached hydrogens (tertiary/aromatic N) is 1. The molecular weight excluding hydrogens is 253 g/mol. The minimum Gasteiger partial charge on any atom is -0.365 e. The largest absolute Gasteiger partial charge is 0.365 e. The Morgan fingerprint density at radius 2 is 2.10 bits per heavy atom. The molecule has 0 radical (unpaired) electrons. The van der Waals surface area contributed by atoms with Crippen LogP contribution < -0.4 is 10.6 Å². The van der Waals surface area contributed by atoms with E-state index in [2.05, 4.69) is 43.3 Å². The van der Waals surface area contributed by atoms with Crippen LogP contribution in [0.15, 0.2) is 12.3 Å². The fourth-order valence-electron chi connectivity index (χ4n) is 2.23. The number of pyridine rings is 1. The van der Waals surface area contributed by atoms with Crippen molar-refractivity contribution >= 4 is 5.82 Å². The highest BCUT2D eigenvalue weighted by molar-refractivity contribution is 5.40. The Balaban J connectivity index is 1.98. The molecule has 0 aliphatic heterocycles. The van der Waals surface area contributed by atoms with Gasteiger partial charge in [-0.1, -0.05) is 12.8 Å². The van der Waals surface area contributed by atoms with Crippen LogP contribution in [0.25, 0.3) is 0 Å². The van der Waals surface area contributed by atoms with Crippen molar-refractivity contribution in [2.45, 2.75) is 65.1 Å². The van der Waals surface area contributed by atoms with Crippen LogP contribution in [0, 0.1) is 11.7 Å². The highest BCUT2D eigenvalue weighted by Gasteiger charge is 2.24. The van der Waals surface area contributed by atoms with Crippen LogP contribution in [-0.4, -0.2) is 16.6 Å². The summed E-state index contributed by atoms with van der Waals surface area (Å²) in [6, 6.07) is 2.01. The van der Waals surface area contributed by atoms with Gasteiger partial charge in [0.15, 0.2) is 11.6 Å². The highest BCUT2D eigenvalue weighted by Crippen LogP contribution is 2.34. The third-order valence-electron chi connectivity index (χ3n) is 3.55. The van der Waals surface area contributed by atoms with E-state index in [1.54, 1.807) is 12.3 Å². The lowest BCUT2D eigenvalue weighted by molar-refractivity contribution is 0.418. The van der Waals surface area contributed by atoms with Crippen LogP contribution in [0.4, 0.5) is 10.2 Å². The summed E-state index contributed by atoms with van der Waals surface area (Å²) in [7, 11) is 0. The molecule has 2 N–H and O–H groups in total. The molecule has 1 saturated carbocycles. The number of hydrogen-bond acceptors (Lipinski definition) is 3. The molecule has 0 amide bonds. The molecule has 4 heteroatoms. The van der Waals surface area contributed by atoms with Crippen molar-refractivity contribution in [2.24, 2.45) is 5.92 Å². The van der Waals surface area contributed by atoms with Gasteiger partial charge in [-0.3, -0.25) is 0 Å². The number of halogens is 1. The molecule has 1 aliphatic rings. The number of nitrogens with one attached hydrogen (secondary N) is 2. The van der Waals surface area contributed by atoms with Gasteiger partial charge in [-0.25, -0.2) is 9.37 Å². The lowest BCUT2D eigenvalue weighted by atomic mass is 10.1. The summed E-state index contributed by atoms with van der Waals surface area (Å²) < 4.78 is 14.4. The van der Waals surface area contributed by atoms with Gasteiger partial charge in [-0.15, -0.1) is 0 Å². The van der Waals surface area contributed by atoms with Crippen molar-refractivity contribution in [3.05, 3.63) is 23.6 Å². The number of aromatic nitrogens is 1. The molecule has 3 nitrogen and oxygen atoms in total. The third kappa shape index (κ3) is 4.75. The molecule has 1 aliphatic carbocycles. The first kappa shape index (κ1) is 15.2. The van der Waals surface area contributed by atoms with Crippen LogP contribution in [0.2, 0.25) is 0 Å². The SMILES string of the molecule is CC(CC1CC1)Nc1nccc(CNC(C)(C)C)c1F. The summed E-state index contributed by atoms with van der Waals surface area (Å²) in [4.78, 5) is 4.14. The molecule has 0 saturated heterocycles. The molecule has 0 spiro atoms. The summed E-state index contributed by atoms with van der Waals surface area (Å²) in [5.74, 6) is 0.976. The van der Waals surface area contributed by atoms with Gasteiger partial charge in [-0.05, 0) is 46.1 Å². The van der Waals surface area contributed by atoms with Crippen molar-refractivity contribution in [3.63, 3.8) is 0 Å². The molecule has 0 aromatic carbocycles. The average Bonchev–Trinajstić information content (AvgIpc) is 3.13. The molecule has 1 fully saturated rings. The Labute approximate surface area is 121 Å². The minimum atomic E-state index is -0.230. The maximum atomic E-state index is 14.4. The van der Waals surface area contributed by atoms with Crippen LogP contribution in [0.3, 0.4) is 0 Å². The van der Waals surface area contributed by atoms with E-state index in [4.69, 9.17) is 0 Å². The zero-order valence-corrected chi connectivity index (χ0v) is 13.0. The number of rotatable bonds is 6. The molecule has 2 rings (SSSR count). The smallest absolute Gasteiger partial charge is 0.169 e. The zero-order chi connectivity index (χ0) is 14.8. The molecule has 1 aromatic heterocycles. The van der Waals surface area contributed by atoms with E-state index in [9.17, 15) is 4.39 Å². The second-order valence-corrected chi connectivity index (χ2v) is 6.96. The average molecular weight is 279 g/mol. The van der Waals surface area contributed by atoms with Crippen molar-refractivity contribution in [3.8, 4) is 0 Å². The maximum absolute atomic E-state index is 14.4. The summed E-state index contributed by atoms with van der Waals surface area (Å²) in [6.07, 6.45) is 5.41. The standard InChI is InChI=1S/C16H26FN3/c1-11(9-12-5-6-12)20-15-14(17)13(7-8-18-15)10-19-16(2,3)4/h7-8,11-12,19H,5-6,9-10H2,1-4H3,(H,18,20). The van der Waals surface area contributed by atoms with Gasteiger partial charge >= 0.3 is 0 Å². The molecule has 1 heterocycles. The fraction of sp³-hybridized carbons (Fsp3) is 0.688. The molecule has 1 aromatic rings. The monoisotopic (exact) mass is 279 g/mol. The summed E-state index contributed by atoms with van der Waals surface area (Å²) >= 11 is 0. The van der Waals surface area contributed by atoms with E-state index in [1.165, 1.54) is 12.8 Å². The topological polar surface area (TPSA) is 37.0 Å². The highest BCUT2D eigenvalue weighted by atomic mass is 19.1. The van der Waals surface area contributed by atoms with Crippen LogP contribution in [0.5, 0.6) is 0 Å². The van der Waals surface area contributed by atoms with Crippen molar-refractivity contribution in [1.82, 2.24) is 10.3 Å². The first-order valence-electron chi connectivity index (χ1n) is 7.50. The second-order valence-electron chi connectivity index (χ2n) is 6.96. The van der Waals surface area contributed by atoms with Crippen LogP contribution >= 0.6 is 0 Å². The molecular formula is C16H26FN3. The molecule has 0 bridgehead atoms. The van der Waals surface area contributed by atoms with E-state index >= 15 is 0 Å². The van der Waals surface area contributed by atoms with E-state index in [0.717, 1.165) is 12.3 Å². The quantitative estimate of drug-likeness (QED) is 0.833. The Morgan fingerprint density at radius 3 is 2.70 bits per heavy atom. The normalized spacial score (nSPS) is 17.1. The molecule has 112 valence electrons. The van der Waals surface area contributed by atoms with E-state index in [0.29, 0.717) is 17.9 Å². The third-order valence-corrected chi connectivity index (χ3v) is 3.55. The van der Waals surface area contributed by atoms with Gasteiger partial charge < -0.3 is 10.6 Å². The lowest BCUT2D eigenvalue weighted by Crippen LogP contribution is -2.35. The predicted molar refractivity (Wildman–Crippen MR) is 81.2 cm³/mol. The Hall–Kier alpha value is -1.16. The fourth-order valence-corrected chi connectivity index (χ4v) is 2.23. The van der Waals surface area contributed by atoms with Crippen LogP contribution in [-0.2, 0) is 6.54 Å². The molecule has 1 unspecified atom stereocenters. The molecule has 20 heavy (non-hydrogen) atoms. The van der Waals surface area contributed by atoms with Crippen LogP contribution in [0.1, 0.15) is 52.5 Å². The van der Waals surface area contributed by atoms with Gasteiger partial charge in [0.25, 0.3) is 0 Å². The Kier molecular flexibility index (Phi) is 4.63. The number of anilines is 1. The van der Waals surface area contributed by atoms with Crippen molar-refractivity contribution in [2.75, 3.05) is 5.32 Å². The number of hydrogen-bond donors (Lipinski definition) is 2.